The Balaban J connectivity index is 1.45. The van der Waals surface area contributed by atoms with Crippen molar-refractivity contribution in [1.29, 1.82) is 0 Å². The fourth-order valence-corrected chi connectivity index (χ4v) is 3.26. The van der Waals surface area contributed by atoms with E-state index in [1.54, 1.807) is 4.68 Å². The molecule has 6 nitrogen and oxygen atoms in total. The van der Waals surface area contributed by atoms with Crippen LogP contribution in [0.3, 0.4) is 0 Å². The van der Waals surface area contributed by atoms with Crippen molar-refractivity contribution in [2.45, 2.75) is 52.0 Å². The molecule has 0 fully saturated rings. The van der Waals surface area contributed by atoms with Crippen LogP contribution in [0.5, 0.6) is 5.75 Å². The van der Waals surface area contributed by atoms with Gasteiger partial charge in [-0.25, -0.2) is 0 Å². The summed E-state index contributed by atoms with van der Waals surface area (Å²) in [5.41, 5.74) is 3.60. The molecule has 0 radical (unpaired) electrons. The molecule has 2 heterocycles. The zero-order valence-electron chi connectivity index (χ0n) is 16.8. The number of aromatic nitrogens is 2. The first-order valence-electron chi connectivity index (χ1n) is 9.63. The van der Waals surface area contributed by atoms with Crippen molar-refractivity contribution in [1.82, 2.24) is 15.1 Å². The molecule has 0 saturated heterocycles. The van der Waals surface area contributed by atoms with Crippen molar-refractivity contribution in [2.75, 3.05) is 18.5 Å². The second-order valence-electron chi connectivity index (χ2n) is 8.10. The molecule has 1 aromatic heterocycles. The molecule has 146 valence electrons. The first-order chi connectivity index (χ1) is 12.8. The number of ether oxygens (including phenoxy) is 1. The number of benzene rings is 1. The van der Waals surface area contributed by atoms with Crippen LogP contribution >= 0.6 is 0 Å². The maximum atomic E-state index is 12.3. The number of carbonyl (C=O) groups excluding carboxylic acids is 1. The van der Waals surface area contributed by atoms with Crippen LogP contribution in [-0.4, -0.2) is 28.8 Å². The van der Waals surface area contributed by atoms with E-state index in [1.807, 2.05) is 19.2 Å². The third-order valence-electron chi connectivity index (χ3n) is 4.86. The summed E-state index contributed by atoms with van der Waals surface area (Å²) in [6.07, 6.45) is 2.00. The average Bonchev–Trinajstić information content (AvgIpc) is 2.94. The number of rotatable bonds is 6. The van der Waals surface area contributed by atoms with Gasteiger partial charge in [0.25, 0.3) is 0 Å². The summed E-state index contributed by atoms with van der Waals surface area (Å²) in [5.74, 6) is 1.65. The lowest BCUT2D eigenvalue weighted by Gasteiger charge is -2.19. The van der Waals surface area contributed by atoms with Gasteiger partial charge in [-0.1, -0.05) is 32.9 Å². The Labute approximate surface area is 161 Å². The highest BCUT2D eigenvalue weighted by atomic mass is 16.5. The molecular weight excluding hydrogens is 340 g/mol. The molecule has 1 aromatic carbocycles. The van der Waals surface area contributed by atoms with Gasteiger partial charge in [-0.15, -0.1) is 0 Å². The van der Waals surface area contributed by atoms with Gasteiger partial charge < -0.3 is 15.4 Å². The van der Waals surface area contributed by atoms with Gasteiger partial charge in [0.1, 0.15) is 11.6 Å². The van der Waals surface area contributed by atoms with E-state index >= 15 is 0 Å². The monoisotopic (exact) mass is 370 g/mol. The van der Waals surface area contributed by atoms with Gasteiger partial charge in [0.15, 0.2) is 0 Å². The molecule has 0 spiro atoms. The molecule has 0 atom stereocenters. The standard InChI is InChI=1S/C21H30N4O2/c1-21(2,3)15-7-9-16(10-8-15)27-13-5-6-19(26)23-20-17-14-22-12-11-18(17)24-25(20)4/h7-10,22H,5-6,11-14H2,1-4H3,(H,23,26). The van der Waals surface area contributed by atoms with Gasteiger partial charge in [0, 0.05) is 38.5 Å². The first kappa shape index (κ1) is 19.4. The third kappa shape index (κ3) is 4.89. The van der Waals surface area contributed by atoms with E-state index in [2.05, 4.69) is 48.6 Å². The average molecular weight is 370 g/mol. The topological polar surface area (TPSA) is 68.2 Å². The maximum Gasteiger partial charge on any atom is 0.225 e. The van der Waals surface area contributed by atoms with Gasteiger partial charge in [0.2, 0.25) is 5.91 Å². The predicted octanol–water partition coefficient (Wildman–Crippen LogP) is 3.16. The van der Waals surface area contributed by atoms with E-state index in [1.165, 1.54) is 5.56 Å². The molecule has 0 unspecified atom stereocenters. The molecule has 2 N–H and O–H groups in total. The van der Waals surface area contributed by atoms with Gasteiger partial charge in [-0.3, -0.25) is 9.48 Å². The van der Waals surface area contributed by atoms with Crippen molar-refractivity contribution in [3.8, 4) is 5.75 Å². The normalized spacial score (nSPS) is 13.9. The minimum absolute atomic E-state index is 0.00180. The Morgan fingerprint density at radius 1 is 1.30 bits per heavy atom. The largest absolute Gasteiger partial charge is 0.494 e. The maximum absolute atomic E-state index is 12.3. The number of carbonyl (C=O) groups is 1. The quantitative estimate of drug-likeness (QED) is 0.767. The van der Waals surface area contributed by atoms with E-state index in [4.69, 9.17) is 4.74 Å². The number of hydrogen-bond acceptors (Lipinski definition) is 4. The van der Waals surface area contributed by atoms with Crippen LogP contribution in [0, 0.1) is 0 Å². The Kier molecular flexibility index (Phi) is 5.85. The smallest absolute Gasteiger partial charge is 0.225 e. The number of aryl methyl sites for hydroxylation is 1. The molecular formula is C21H30N4O2. The number of amides is 1. The molecule has 0 aliphatic carbocycles. The summed E-state index contributed by atoms with van der Waals surface area (Å²) in [6.45, 7) is 8.79. The summed E-state index contributed by atoms with van der Waals surface area (Å²) in [5, 5.41) is 10.8. The van der Waals surface area contributed by atoms with Crippen molar-refractivity contribution in [3.05, 3.63) is 41.1 Å². The second kappa shape index (κ2) is 8.13. The van der Waals surface area contributed by atoms with Crippen molar-refractivity contribution < 1.29 is 9.53 Å². The lowest BCUT2D eigenvalue weighted by molar-refractivity contribution is -0.116. The van der Waals surface area contributed by atoms with E-state index < -0.39 is 0 Å². The summed E-state index contributed by atoms with van der Waals surface area (Å²) in [6, 6.07) is 8.19. The van der Waals surface area contributed by atoms with Gasteiger partial charge in [-0.2, -0.15) is 5.10 Å². The van der Waals surface area contributed by atoms with E-state index in [0.29, 0.717) is 19.4 Å². The molecule has 0 bridgehead atoms. The SMILES string of the molecule is Cn1nc2c(c1NC(=O)CCCOc1ccc(C(C)(C)C)cc1)CNCC2. The van der Waals surface area contributed by atoms with Crippen LogP contribution in [0.1, 0.15) is 50.4 Å². The number of nitrogens with zero attached hydrogens (tertiary/aromatic N) is 2. The summed E-state index contributed by atoms with van der Waals surface area (Å²) < 4.78 is 7.53. The van der Waals surface area contributed by atoms with E-state index in [-0.39, 0.29) is 11.3 Å². The van der Waals surface area contributed by atoms with Gasteiger partial charge >= 0.3 is 0 Å². The van der Waals surface area contributed by atoms with Gasteiger partial charge in [-0.05, 0) is 29.5 Å². The lowest BCUT2D eigenvalue weighted by Crippen LogP contribution is -2.24. The number of nitrogens with one attached hydrogen (secondary N) is 2. The van der Waals surface area contributed by atoms with Crippen LogP contribution in [0.4, 0.5) is 5.82 Å². The second-order valence-corrected chi connectivity index (χ2v) is 8.10. The van der Waals surface area contributed by atoms with Crippen LogP contribution in [0.25, 0.3) is 0 Å². The molecule has 1 aliphatic rings. The highest BCUT2D eigenvalue weighted by Gasteiger charge is 2.20. The summed E-state index contributed by atoms with van der Waals surface area (Å²) in [7, 11) is 1.87. The predicted molar refractivity (Wildman–Crippen MR) is 107 cm³/mol. The van der Waals surface area contributed by atoms with Crippen molar-refractivity contribution in [2.24, 2.45) is 7.05 Å². The summed E-state index contributed by atoms with van der Waals surface area (Å²) in [4.78, 5) is 12.3. The Hall–Kier alpha value is -2.34. The van der Waals surface area contributed by atoms with Crippen molar-refractivity contribution >= 4 is 11.7 Å². The highest BCUT2D eigenvalue weighted by Crippen LogP contribution is 2.24. The zero-order chi connectivity index (χ0) is 19.4. The zero-order valence-corrected chi connectivity index (χ0v) is 16.8. The minimum Gasteiger partial charge on any atom is -0.494 e. The van der Waals surface area contributed by atoms with Crippen LogP contribution in [0.2, 0.25) is 0 Å². The van der Waals surface area contributed by atoms with Crippen LogP contribution in [-0.2, 0) is 30.2 Å². The van der Waals surface area contributed by atoms with Crippen molar-refractivity contribution in [3.63, 3.8) is 0 Å². The fourth-order valence-electron chi connectivity index (χ4n) is 3.26. The Bertz CT molecular complexity index is 788. The van der Waals surface area contributed by atoms with Gasteiger partial charge in [0.05, 0.1) is 12.3 Å². The van der Waals surface area contributed by atoms with E-state index in [0.717, 1.165) is 42.3 Å². The Morgan fingerprint density at radius 3 is 2.74 bits per heavy atom. The van der Waals surface area contributed by atoms with Crippen LogP contribution in [0.15, 0.2) is 24.3 Å². The molecule has 27 heavy (non-hydrogen) atoms. The fraction of sp³-hybridized carbons (Fsp3) is 0.524. The molecule has 2 aromatic rings. The molecule has 3 rings (SSSR count). The van der Waals surface area contributed by atoms with Crippen LogP contribution < -0.4 is 15.4 Å². The van der Waals surface area contributed by atoms with E-state index in [9.17, 15) is 4.79 Å². The summed E-state index contributed by atoms with van der Waals surface area (Å²) >= 11 is 0. The molecule has 0 saturated carbocycles. The Morgan fingerprint density at radius 2 is 2.04 bits per heavy atom. The third-order valence-corrected chi connectivity index (χ3v) is 4.86. The molecule has 1 aliphatic heterocycles. The first-order valence-corrected chi connectivity index (χ1v) is 9.63. The number of fused-ring (bicyclic) bond motifs is 1. The highest BCUT2D eigenvalue weighted by molar-refractivity contribution is 5.90. The molecule has 6 heteroatoms. The minimum atomic E-state index is -0.00180. The number of hydrogen-bond donors (Lipinski definition) is 2. The molecule has 1 amide bonds. The number of anilines is 1. The lowest BCUT2D eigenvalue weighted by atomic mass is 9.87.